The Labute approximate surface area is 132 Å². The van der Waals surface area contributed by atoms with Crippen molar-refractivity contribution in [2.24, 2.45) is 0 Å². The van der Waals surface area contributed by atoms with Gasteiger partial charge in [-0.2, -0.15) is 0 Å². The van der Waals surface area contributed by atoms with E-state index in [0.29, 0.717) is 48.2 Å². The van der Waals surface area contributed by atoms with Gasteiger partial charge in [0, 0.05) is 19.1 Å². The molecule has 2 N–H and O–H groups in total. The van der Waals surface area contributed by atoms with Crippen LogP contribution in [0.1, 0.15) is 23.2 Å². The number of fused-ring (bicyclic) bond motifs is 1. The van der Waals surface area contributed by atoms with E-state index in [9.17, 15) is 9.59 Å². The molecule has 3 rings (SSSR count). The first-order valence-corrected chi connectivity index (χ1v) is 7.43. The number of carbonyl (C=O) groups is 2. The SMILES string of the molecule is COc1cccc2occ(C(=O)N3CCC(NC(=O)O)CC3)c12. The van der Waals surface area contributed by atoms with Gasteiger partial charge in [-0.05, 0) is 25.0 Å². The second kappa shape index (κ2) is 6.20. The van der Waals surface area contributed by atoms with Crippen molar-refractivity contribution in [3.63, 3.8) is 0 Å². The number of hydrogen-bond acceptors (Lipinski definition) is 4. The Morgan fingerprint density at radius 2 is 2.09 bits per heavy atom. The Bertz CT molecular complexity index is 731. The standard InChI is InChI=1S/C16H18N2O5/c1-22-12-3-2-4-13-14(12)11(9-23-13)15(19)18-7-5-10(6-8-18)17-16(20)21/h2-4,9-10,17H,5-8H2,1H3,(H,20,21). The van der Waals surface area contributed by atoms with Gasteiger partial charge in [0.15, 0.2) is 0 Å². The zero-order chi connectivity index (χ0) is 16.4. The molecule has 2 heterocycles. The Hall–Kier alpha value is -2.70. The summed E-state index contributed by atoms with van der Waals surface area (Å²) in [5.74, 6) is 0.476. The Balaban J connectivity index is 1.78. The maximum Gasteiger partial charge on any atom is 0.404 e. The second-order valence-electron chi connectivity index (χ2n) is 5.50. The molecule has 1 aromatic carbocycles. The Kier molecular flexibility index (Phi) is 4.10. The normalized spacial score (nSPS) is 15.6. The lowest BCUT2D eigenvalue weighted by atomic mass is 10.0. The summed E-state index contributed by atoms with van der Waals surface area (Å²) in [6.45, 7) is 1.01. The molecule has 0 saturated carbocycles. The van der Waals surface area contributed by atoms with E-state index in [0.717, 1.165) is 0 Å². The van der Waals surface area contributed by atoms with E-state index in [1.165, 1.54) is 6.26 Å². The maximum absolute atomic E-state index is 12.7. The van der Waals surface area contributed by atoms with Gasteiger partial charge >= 0.3 is 6.09 Å². The first-order chi connectivity index (χ1) is 11.1. The largest absolute Gasteiger partial charge is 0.496 e. The number of amides is 2. The van der Waals surface area contributed by atoms with E-state index in [4.69, 9.17) is 14.3 Å². The summed E-state index contributed by atoms with van der Waals surface area (Å²) >= 11 is 0. The molecule has 1 aliphatic rings. The van der Waals surface area contributed by atoms with E-state index in [2.05, 4.69) is 5.32 Å². The van der Waals surface area contributed by atoms with Crippen molar-refractivity contribution in [2.45, 2.75) is 18.9 Å². The van der Waals surface area contributed by atoms with Crippen LogP contribution in [0.5, 0.6) is 5.75 Å². The minimum atomic E-state index is -1.03. The molecule has 1 aromatic heterocycles. The van der Waals surface area contributed by atoms with Crippen molar-refractivity contribution in [1.29, 1.82) is 0 Å². The van der Waals surface area contributed by atoms with E-state index in [-0.39, 0.29) is 11.9 Å². The molecular weight excluding hydrogens is 300 g/mol. The molecule has 0 unspecified atom stereocenters. The van der Waals surface area contributed by atoms with E-state index in [1.54, 1.807) is 24.1 Å². The van der Waals surface area contributed by atoms with Crippen molar-refractivity contribution in [3.05, 3.63) is 30.0 Å². The zero-order valence-electron chi connectivity index (χ0n) is 12.7. The van der Waals surface area contributed by atoms with Crippen molar-refractivity contribution >= 4 is 23.0 Å². The number of carbonyl (C=O) groups excluding carboxylic acids is 1. The van der Waals surface area contributed by atoms with Crippen molar-refractivity contribution < 1.29 is 23.8 Å². The number of furan rings is 1. The van der Waals surface area contributed by atoms with Gasteiger partial charge in [-0.15, -0.1) is 0 Å². The summed E-state index contributed by atoms with van der Waals surface area (Å²) in [4.78, 5) is 25.1. The van der Waals surface area contributed by atoms with Gasteiger partial charge in [0.1, 0.15) is 17.6 Å². The van der Waals surface area contributed by atoms with Gasteiger partial charge in [-0.3, -0.25) is 4.79 Å². The number of likely N-dealkylation sites (tertiary alicyclic amines) is 1. The van der Waals surface area contributed by atoms with Crippen LogP contribution in [0.4, 0.5) is 4.79 Å². The van der Waals surface area contributed by atoms with Gasteiger partial charge in [0.2, 0.25) is 0 Å². The van der Waals surface area contributed by atoms with Gasteiger partial charge in [0.05, 0.1) is 18.1 Å². The average molecular weight is 318 g/mol. The highest BCUT2D eigenvalue weighted by Crippen LogP contribution is 2.31. The fourth-order valence-corrected chi connectivity index (χ4v) is 2.96. The molecular formula is C16H18N2O5. The lowest BCUT2D eigenvalue weighted by molar-refractivity contribution is 0.0706. The van der Waals surface area contributed by atoms with Crippen LogP contribution in [0.2, 0.25) is 0 Å². The van der Waals surface area contributed by atoms with Crippen LogP contribution in [0.25, 0.3) is 11.0 Å². The van der Waals surface area contributed by atoms with Crippen LogP contribution >= 0.6 is 0 Å². The zero-order valence-corrected chi connectivity index (χ0v) is 12.7. The highest BCUT2D eigenvalue weighted by molar-refractivity contribution is 6.08. The Morgan fingerprint density at radius 3 is 2.74 bits per heavy atom. The third-order valence-corrected chi connectivity index (χ3v) is 4.12. The first kappa shape index (κ1) is 15.2. The fourth-order valence-electron chi connectivity index (χ4n) is 2.96. The number of rotatable bonds is 3. The smallest absolute Gasteiger partial charge is 0.404 e. The number of hydrogen-bond donors (Lipinski definition) is 2. The minimum Gasteiger partial charge on any atom is -0.496 e. The second-order valence-corrected chi connectivity index (χ2v) is 5.50. The van der Waals surface area contributed by atoms with Gasteiger partial charge in [-0.25, -0.2) is 4.79 Å². The number of piperidine rings is 1. The number of methoxy groups -OCH3 is 1. The molecule has 122 valence electrons. The van der Waals surface area contributed by atoms with E-state index in [1.807, 2.05) is 6.07 Å². The van der Waals surface area contributed by atoms with Crippen LogP contribution in [0.15, 0.2) is 28.9 Å². The molecule has 23 heavy (non-hydrogen) atoms. The van der Waals surface area contributed by atoms with Crippen molar-refractivity contribution in [3.8, 4) is 5.75 Å². The number of benzene rings is 1. The third-order valence-electron chi connectivity index (χ3n) is 4.12. The van der Waals surface area contributed by atoms with Gasteiger partial charge < -0.3 is 24.5 Å². The minimum absolute atomic E-state index is 0.104. The van der Waals surface area contributed by atoms with E-state index < -0.39 is 6.09 Å². The van der Waals surface area contributed by atoms with Crippen LogP contribution in [0.3, 0.4) is 0 Å². The van der Waals surface area contributed by atoms with Crippen LogP contribution in [-0.2, 0) is 0 Å². The molecule has 1 fully saturated rings. The molecule has 0 spiro atoms. The predicted octanol–water partition coefficient (Wildman–Crippen LogP) is 2.31. The van der Waals surface area contributed by atoms with E-state index >= 15 is 0 Å². The first-order valence-electron chi connectivity index (χ1n) is 7.43. The van der Waals surface area contributed by atoms with Crippen molar-refractivity contribution in [2.75, 3.05) is 20.2 Å². The molecule has 2 amide bonds. The molecule has 0 radical (unpaired) electrons. The quantitative estimate of drug-likeness (QED) is 0.906. The number of nitrogens with one attached hydrogen (secondary N) is 1. The Morgan fingerprint density at radius 1 is 1.35 bits per heavy atom. The van der Waals surface area contributed by atoms with Crippen LogP contribution < -0.4 is 10.1 Å². The monoisotopic (exact) mass is 318 g/mol. The highest BCUT2D eigenvalue weighted by atomic mass is 16.5. The topological polar surface area (TPSA) is 92.0 Å². The van der Waals surface area contributed by atoms with Crippen LogP contribution in [-0.4, -0.2) is 48.2 Å². The third kappa shape index (κ3) is 2.94. The summed E-state index contributed by atoms with van der Waals surface area (Å²) < 4.78 is 10.8. The van der Waals surface area contributed by atoms with Gasteiger partial charge in [0.25, 0.3) is 5.91 Å². The summed E-state index contributed by atoms with van der Waals surface area (Å²) in [6, 6.07) is 5.28. The maximum atomic E-state index is 12.7. The summed E-state index contributed by atoms with van der Waals surface area (Å²) in [7, 11) is 1.55. The average Bonchev–Trinajstić information content (AvgIpc) is 2.98. The molecule has 7 heteroatoms. The molecule has 2 aromatic rings. The summed E-state index contributed by atoms with van der Waals surface area (Å²) in [5.41, 5.74) is 1.08. The number of carboxylic acid groups (broad SMARTS) is 1. The predicted molar refractivity (Wildman–Crippen MR) is 82.9 cm³/mol. The molecule has 0 bridgehead atoms. The van der Waals surface area contributed by atoms with Crippen LogP contribution in [0, 0.1) is 0 Å². The molecule has 1 saturated heterocycles. The van der Waals surface area contributed by atoms with Crippen molar-refractivity contribution in [1.82, 2.24) is 10.2 Å². The number of ether oxygens (including phenoxy) is 1. The molecule has 0 atom stereocenters. The number of nitrogens with zero attached hydrogens (tertiary/aromatic N) is 1. The molecule has 0 aliphatic carbocycles. The lowest BCUT2D eigenvalue weighted by Gasteiger charge is -2.31. The highest BCUT2D eigenvalue weighted by Gasteiger charge is 2.27. The fraction of sp³-hybridized carbons (Fsp3) is 0.375. The lowest BCUT2D eigenvalue weighted by Crippen LogP contribution is -2.46. The summed E-state index contributed by atoms with van der Waals surface area (Å²) in [5, 5.41) is 11.9. The summed E-state index contributed by atoms with van der Waals surface area (Å²) in [6.07, 6.45) is 1.63. The molecule has 7 nitrogen and oxygen atoms in total. The van der Waals surface area contributed by atoms with Gasteiger partial charge in [-0.1, -0.05) is 6.07 Å². The molecule has 1 aliphatic heterocycles.